The molecule has 8 nitrogen and oxygen atoms in total. The third kappa shape index (κ3) is 4.72. The number of ether oxygens (including phenoxy) is 1. The number of likely N-dealkylation sites (tertiary alicyclic amines) is 1. The number of hydrogen-bond donors (Lipinski definition) is 1. The third-order valence-corrected chi connectivity index (χ3v) is 6.61. The fourth-order valence-corrected chi connectivity index (χ4v) is 4.31. The molecular formula is C21H22F2N4O4S. The maximum Gasteiger partial charge on any atom is 0.276 e. The number of hydrazone groups is 1. The SMILES string of the molecule is Cc1ccc(S(=O)(=O)N/N=C2\CCOc3cc(C(=O)N4CCC(F)(F)CC4)cnc32)cc1. The molecule has 1 N–H and O–H groups in total. The Morgan fingerprint density at radius 3 is 2.59 bits per heavy atom. The van der Waals surface area contributed by atoms with E-state index in [1.807, 2.05) is 6.92 Å². The zero-order valence-corrected chi connectivity index (χ0v) is 18.2. The highest BCUT2D eigenvalue weighted by molar-refractivity contribution is 7.89. The molecule has 1 amide bonds. The number of sulfonamides is 1. The molecule has 1 saturated heterocycles. The lowest BCUT2D eigenvalue weighted by Crippen LogP contribution is -2.42. The number of carbonyl (C=O) groups excluding carboxylic acids is 1. The van der Waals surface area contributed by atoms with E-state index in [0.29, 0.717) is 17.8 Å². The molecule has 2 aromatic rings. The summed E-state index contributed by atoms with van der Waals surface area (Å²) in [4.78, 5) is 20.6. The molecule has 0 spiro atoms. The van der Waals surface area contributed by atoms with Gasteiger partial charge in [-0.25, -0.2) is 8.78 Å². The van der Waals surface area contributed by atoms with Crippen LogP contribution in [-0.4, -0.2) is 55.5 Å². The van der Waals surface area contributed by atoms with Crippen molar-refractivity contribution >= 4 is 21.6 Å². The predicted octanol–water partition coefficient (Wildman–Crippen LogP) is 2.73. The average Bonchev–Trinajstić information content (AvgIpc) is 2.77. The van der Waals surface area contributed by atoms with Crippen molar-refractivity contribution in [1.29, 1.82) is 0 Å². The summed E-state index contributed by atoms with van der Waals surface area (Å²) in [5.41, 5.74) is 1.85. The number of aromatic nitrogens is 1. The lowest BCUT2D eigenvalue weighted by Gasteiger charge is -2.31. The molecule has 1 aromatic heterocycles. The first-order chi connectivity index (χ1) is 15.1. The average molecular weight is 464 g/mol. The number of benzene rings is 1. The number of carbonyl (C=O) groups is 1. The molecule has 1 aromatic carbocycles. The van der Waals surface area contributed by atoms with Gasteiger partial charge in [-0.1, -0.05) is 17.7 Å². The van der Waals surface area contributed by atoms with Crippen molar-refractivity contribution in [2.24, 2.45) is 5.10 Å². The second-order valence-electron chi connectivity index (χ2n) is 7.78. The number of amides is 1. The molecule has 0 bridgehead atoms. The van der Waals surface area contributed by atoms with Gasteiger partial charge in [0.25, 0.3) is 21.9 Å². The lowest BCUT2D eigenvalue weighted by atomic mass is 10.0. The fraction of sp³-hybridized carbons (Fsp3) is 0.381. The normalized spacial score (nSPS) is 19.2. The van der Waals surface area contributed by atoms with Crippen molar-refractivity contribution in [2.75, 3.05) is 19.7 Å². The number of nitrogens with one attached hydrogen (secondary N) is 1. The van der Waals surface area contributed by atoms with Crippen LogP contribution in [0.5, 0.6) is 5.75 Å². The number of pyridine rings is 1. The van der Waals surface area contributed by atoms with E-state index in [9.17, 15) is 22.0 Å². The van der Waals surface area contributed by atoms with Crippen LogP contribution in [0.25, 0.3) is 0 Å². The molecule has 2 aliphatic rings. The predicted molar refractivity (Wildman–Crippen MR) is 112 cm³/mol. The van der Waals surface area contributed by atoms with Crippen molar-refractivity contribution in [3.8, 4) is 5.75 Å². The van der Waals surface area contributed by atoms with Gasteiger partial charge < -0.3 is 9.64 Å². The zero-order chi connectivity index (χ0) is 22.9. The lowest BCUT2D eigenvalue weighted by molar-refractivity contribution is -0.0494. The summed E-state index contributed by atoms with van der Waals surface area (Å²) < 4.78 is 57.3. The Labute approximate surface area is 184 Å². The van der Waals surface area contributed by atoms with E-state index in [0.717, 1.165) is 5.56 Å². The van der Waals surface area contributed by atoms with Crippen LogP contribution in [-0.2, 0) is 10.0 Å². The fourth-order valence-electron chi connectivity index (χ4n) is 3.48. The highest BCUT2D eigenvalue weighted by atomic mass is 32.2. The molecular weight excluding hydrogens is 442 g/mol. The molecule has 0 atom stereocenters. The van der Waals surface area contributed by atoms with E-state index < -0.39 is 21.9 Å². The van der Waals surface area contributed by atoms with Gasteiger partial charge in [0.05, 0.1) is 22.8 Å². The number of piperidine rings is 1. The second-order valence-corrected chi connectivity index (χ2v) is 9.44. The van der Waals surface area contributed by atoms with Gasteiger partial charge in [-0.15, -0.1) is 0 Å². The molecule has 11 heteroatoms. The molecule has 0 aliphatic carbocycles. The van der Waals surface area contributed by atoms with Crippen LogP contribution in [0.4, 0.5) is 8.78 Å². The Kier molecular flexibility index (Phi) is 5.85. The minimum atomic E-state index is -3.85. The van der Waals surface area contributed by atoms with E-state index in [1.165, 1.54) is 29.3 Å². The quantitative estimate of drug-likeness (QED) is 0.702. The number of fused-ring (bicyclic) bond motifs is 1. The molecule has 170 valence electrons. The van der Waals surface area contributed by atoms with Crippen molar-refractivity contribution in [2.45, 2.75) is 37.0 Å². The Bertz CT molecular complexity index is 1160. The maximum absolute atomic E-state index is 13.4. The van der Waals surface area contributed by atoms with Crippen LogP contribution in [0, 0.1) is 6.92 Å². The Balaban J connectivity index is 1.52. The van der Waals surface area contributed by atoms with Crippen LogP contribution >= 0.6 is 0 Å². The zero-order valence-electron chi connectivity index (χ0n) is 17.3. The maximum atomic E-state index is 13.4. The first-order valence-electron chi connectivity index (χ1n) is 10.1. The summed E-state index contributed by atoms with van der Waals surface area (Å²) in [5, 5.41) is 4.03. The summed E-state index contributed by atoms with van der Waals surface area (Å²) in [7, 11) is -3.85. The number of halogens is 2. The van der Waals surface area contributed by atoms with Crippen molar-refractivity contribution in [3.63, 3.8) is 0 Å². The van der Waals surface area contributed by atoms with Gasteiger partial charge in [0, 0.05) is 38.5 Å². The summed E-state index contributed by atoms with van der Waals surface area (Å²) in [6, 6.07) is 7.84. The number of nitrogens with zero attached hydrogens (tertiary/aromatic N) is 3. The molecule has 2 aliphatic heterocycles. The standard InChI is InChI=1S/C21H22F2N4O4S/c1-14-2-4-16(5-3-14)32(29,30)26-25-17-6-11-31-18-12-15(13-24-19(17)18)20(28)27-9-7-21(22,23)8-10-27/h2-5,12-13,26H,6-11H2,1H3/b25-17+. The summed E-state index contributed by atoms with van der Waals surface area (Å²) in [6.45, 7) is 2.02. The van der Waals surface area contributed by atoms with Crippen molar-refractivity contribution < 1.29 is 26.7 Å². The first-order valence-corrected chi connectivity index (χ1v) is 11.6. The molecule has 0 saturated carbocycles. The Hall–Kier alpha value is -3.08. The van der Waals surface area contributed by atoms with Crippen LogP contribution in [0.15, 0.2) is 46.5 Å². The summed E-state index contributed by atoms with van der Waals surface area (Å²) >= 11 is 0. The molecule has 1 fully saturated rings. The van der Waals surface area contributed by atoms with E-state index in [2.05, 4.69) is 14.9 Å². The third-order valence-electron chi connectivity index (χ3n) is 5.38. The molecule has 4 rings (SSSR count). The van der Waals surface area contributed by atoms with Crippen LogP contribution in [0.1, 0.15) is 40.9 Å². The van der Waals surface area contributed by atoms with E-state index in [-0.39, 0.29) is 48.7 Å². The van der Waals surface area contributed by atoms with Gasteiger partial charge in [-0.05, 0) is 25.1 Å². The van der Waals surface area contributed by atoms with Gasteiger partial charge in [0.15, 0.2) is 0 Å². The minimum absolute atomic E-state index is 0.0305. The van der Waals surface area contributed by atoms with Crippen molar-refractivity contribution in [3.05, 3.63) is 53.3 Å². The highest BCUT2D eigenvalue weighted by Gasteiger charge is 2.36. The van der Waals surface area contributed by atoms with E-state index in [4.69, 9.17) is 4.74 Å². The van der Waals surface area contributed by atoms with Crippen LogP contribution in [0.2, 0.25) is 0 Å². The second kappa shape index (κ2) is 8.45. The highest BCUT2D eigenvalue weighted by Crippen LogP contribution is 2.29. The van der Waals surface area contributed by atoms with Gasteiger partial charge in [0.1, 0.15) is 11.4 Å². The molecule has 3 heterocycles. The Morgan fingerprint density at radius 1 is 1.22 bits per heavy atom. The monoisotopic (exact) mass is 464 g/mol. The minimum Gasteiger partial charge on any atom is -0.491 e. The van der Waals surface area contributed by atoms with Gasteiger partial charge in [-0.2, -0.15) is 18.4 Å². The molecule has 32 heavy (non-hydrogen) atoms. The number of hydrogen-bond acceptors (Lipinski definition) is 6. The van der Waals surface area contributed by atoms with Gasteiger partial charge in [0.2, 0.25) is 0 Å². The van der Waals surface area contributed by atoms with Gasteiger partial charge >= 0.3 is 0 Å². The van der Waals surface area contributed by atoms with Gasteiger partial charge in [-0.3, -0.25) is 9.78 Å². The topological polar surface area (TPSA) is 101 Å². The van der Waals surface area contributed by atoms with E-state index >= 15 is 0 Å². The summed E-state index contributed by atoms with van der Waals surface area (Å²) in [6.07, 6.45) is 0.911. The number of rotatable bonds is 4. The molecule has 0 unspecified atom stereocenters. The number of aryl methyl sites for hydroxylation is 1. The summed E-state index contributed by atoms with van der Waals surface area (Å²) in [5.74, 6) is -2.85. The van der Waals surface area contributed by atoms with Crippen molar-refractivity contribution in [1.82, 2.24) is 14.7 Å². The first kappa shape index (κ1) is 22.1. The largest absolute Gasteiger partial charge is 0.491 e. The van der Waals surface area contributed by atoms with Crippen LogP contribution in [0.3, 0.4) is 0 Å². The smallest absolute Gasteiger partial charge is 0.276 e. The number of alkyl halides is 2. The van der Waals surface area contributed by atoms with Crippen LogP contribution < -0.4 is 9.57 Å². The molecule has 0 radical (unpaired) electrons. The Morgan fingerprint density at radius 2 is 1.91 bits per heavy atom. The van der Waals surface area contributed by atoms with E-state index in [1.54, 1.807) is 12.1 Å².